The molecule has 0 amide bonds. The van der Waals surface area contributed by atoms with E-state index in [0.717, 1.165) is 6.42 Å². The van der Waals surface area contributed by atoms with E-state index in [1.54, 1.807) is 0 Å². The average Bonchev–Trinajstić information content (AvgIpc) is 2.39. The van der Waals surface area contributed by atoms with Crippen molar-refractivity contribution in [2.24, 2.45) is 0 Å². The molecule has 0 aliphatic heterocycles. The third-order valence-corrected chi connectivity index (χ3v) is 4.81. The van der Waals surface area contributed by atoms with Crippen molar-refractivity contribution in [2.45, 2.75) is 89.2 Å². The lowest BCUT2D eigenvalue weighted by Gasteiger charge is -2.46. The molecule has 18 heavy (non-hydrogen) atoms. The molecule has 0 aromatic carbocycles. The second-order valence-corrected chi connectivity index (χ2v) is 6.28. The Morgan fingerprint density at radius 2 is 1.61 bits per heavy atom. The van der Waals surface area contributed by atoms with Gasteiger partial charge in [0.25, 0.3) is 0 Å². The lowest BCUT2D eigenvalue weighted by molar-refractivity contribution is -0.0366. The molecule has 1 atom stereocenters. The third kappa shape index (κ3) is 4.24. The predicted octanol–water partition coefficient (Wildman–Crippen LogP) is 3.97. The first-order valence-corrected chi connectivity index (χ1v) is 7.99. The number of nitrogens with zero attached hydrogens (tertiary/aromatic N) is 1. The summed E-state index contributed by atoms with van der Waals surface area (Å²) >= 11 is 0. The molecule has 0 radical (unpaired) electrons. The maximum Gasteiger partial charge on any atom is 0.0723 e. The standard InChI is InChI=1S/C16H33NO/c1-4-5-6-7-9-12-15(18)16(17(2)3)13-10-8-11-14-16/h15,18H,4-14H2,1-3H3. The molecule has 1 aliphatic rings. The van der Waals surface area contributed by atoms with Crippen molar-refractivity contribution in [3.8, 4) is 0 Å². The number of hydrogen-bond donors (Lipinski definition) is 1. The molecule has 0 aromatic rings. The summed E-state index contributed by atoms with van der Waals surface area (Å²) in [6, 6.07) is 0. The molecule has 1 aliphatic carbocycles. The fraction of sp³-hybridized carbons (Fsp3) is 1.00. The van der Waals surface area contributed by atoms with Gasteiger partial charge in [0, 0.05) is 5.54 Å². The molecule has 108 valence electrons. The molecule has 0 bridgehead atoms. The van der Waals surface area contributed by atoms with Crippen LogP contribution < -0.4 is 0 Å². The van der Waals surface area contributed by atoms with Crippen LogP contribution in [-0.2, 0) is 0 Å². The van der Waals surface area contributed by atoms with Crippen molar-refractivity contribution < 1.29 is 5.11 Å². The molecule has 0 saturated heterocycles. The Labute approximate surface area is 114 Å². The topological polar surface area (TPSA) is 23.5 Å². The molecule has 1 rings (SSSR count). The van der Waals surface area contributed by atoms with E-state index in [4.69, 9.17) is 0 Å². The first kappa shape index (κ1) is 16.0. The first-order chi connectivity index (χ1) is 8.63. The summed E-state index contributed by atoms with van der Waals surface area (Å²) in [7, 11) is 4.29. The Morgan fingerprint density at radius 3 is 2.17 bits per heavy atom. The Hall–Kier alpha value is -0.0800. The van der Waals surface area contributed by atoms with Gasteiger partial charge in [0.15, 0.2) is 0 Å². The number of unbranched alkanes of at least 4 members (excludes halogenated alkanes) is 4. The summed E-state index contributed by atoms with van der Waals surface area (Å²) in [5, 5.41) is 10.6. The van der Waals surface area contributed by atoms with Crippen LogP contribution in [0.15, 0.2) is 0 Å². The van der Waals surface area contributed by atoms with E-state index in [1.165, 1.54) is 64.2 Å². The van der Waals surface area contributed by atoms with Gasteiger partial charge in [-0.25, -0.2) is 0 Å². The molecule has 1 N–H and O–H groups in total. The SMILES string of the molecule is CCCCCCCC(O)C1(N(C)C)CCCCC1. The number of aliphatic hydroxyl groups is 1. The van der Waals surface area contributed by atoms with Crippen molar-refractivity contribution in [1.29, 1.82) is 0 Å². The van der Waals surface area contributed by atoms with E-state index in [-0.39, 0.29) is 11.6 Å². The maximum absolute atomic E-state index is 10.6. The fourth-order valence-electron chi connectivity index (χ4n) is 3.45. The fourth-order valence-corrected chi connectivity index (χ4v) is 3.45. The summed E-state index contributed by atoms with van der Waals surface area (Å²) < 4.78 is 0. The van der Waals surface area contributed by atoms with Gasteiger partial charge in [-0.3, -0.25) is 0 Å². The quantitative estimate of drug-likeness (QED) is 0.663. The molecule has 0 spiro atoms. The van der Waals surface area contributed by atoms with Crippen LogP contribution in [0.5, 0.6) is 0 Å². The Kier molecular flexibility index (Phi) is 7.25. The summed E-state index contributed by atoms with van der Waals surface area (Å²) in [5.41, 5.74) is 0.0724. The van der Waals surface area contributed by atoms with Crippen LogP contribution in [0.4, 0.5) is 0 Å². The number of hydrogen-bond acceptors (Lipinski definition) is 2. The Bertz CT molecular complexity index is 209. The van der Waals surface area contributed by atoms with E-state index < -0.39 is 0 Å². The molecule has 0 aromatic heterocycles. The summed E-state index contributed by atoms with van der Waals surface area (Å²) in [6.07, 6.45) is 13.6. The van der Waals surface area contributed by atoms with E-state index >= 15 is 0 Å². The second kappa shape index (κ2) is 8.16. The summed E-state index contributed by atoms with van der Waals surface area (Å²) in [5.74, 6) is 0. The molecule has 1 fully saturated rings. The predicted molar refractivity (Wildman–Crippen MR) is 78.9 cm³/mol. The highest BCUT2D eigenvalue weighted by Crippen LogP contribution is 2.36. The summed E-state index contributed by atoms with van der Waals surface area (Å²) in [4.78, 5) is 2.29. The van der Waals surface area contributed by atoms with Gasteiger partial charge >= 0.3 is 0 Å². The van der Waals surface area contributed by atoms with Crippen LogP contribution >= 0.6 is 0 Å². The van der Waals surface area contributed by atoms with Gasteiger partial charge in [-0.1, -0.05) is 58.3 Å². The van der Waals surface area contributed by atoms with Gasteiger partial charge in [-0.2, -0.15) is 0 Å². The number of likely N-dealkylation sites (N-methyl/N-ethyl adjacent to an activating group) is 1. The van der Waals surface area contributed by atoms with Crippen molar-refractivity contribution in [3.63, 3.8) is 0 Å². The maximum atomic E-state index is 10.6. The number of aliphatic hydroxyl groups excluding tert-OH is 1. The highest BCUT2D eigenvalue weighted by Gasteiger charge is 2.40. The lowest BCUT2D eigenvalue weighted by atomic mass is 9.75. The van der Waals surface area contributed by atoms with Crippen molar-refractivity contribution >= 4 is 0 Å². The minimum atomic E-state index is -0.130. The van der Waals surface area contributed by atoms with E-state index in [9.17, 15) is 5.11 Å². The van der Waals surface area contributed by atoms with E-state index in [1.807, 2.05) is 0 Å². The summed E-state index contributed by atoms with van der Waals surface area (Å²) in [6.45, 7) is 2.25. The Balaban J connectivity index is 2.37. The van der Waals surface area contributed by atoms with Crippen LogP contribution in [0, 0.1) is 0 Å². The normalized spacial score (nSPS) is 21.2. The minimum absolute atomic E-state index is 0.0724. The van der Waals surface area contributed by atoms with Gasteiger partial charge in [-0.15, -0.1) is 0 Å². The lowest BCUT2D eigenvalue weighted by Crippen LogP contribution is -2.54. The van der Waals surface area contributed by atoms with E-state index in [2.05, 4.69) is 25.9 Å². The van der Waals surface area contributed by atoms with Crippen molar-refractivity contribution in [1.82, 2.24) is 4.90 Å². The molecule has 1 saturated carbocycles. The van der Waals surface area contributed by atoms with E-state index in [0.29, 0.717) is 0 Å². The Morgan fingerprint density at radius 1 is 1.00 bits per heavy atom. The first-order valence-electron chi connectivity index (χ1n) is 7.99. The molecule has 2 nitrogen and oxygen atoms in total. The van der Waals surface area contributed by atoms with Crippen LogP contribution in [0.2, 0.25) is 0 Å². The highest BCUT2D eigenvalue weighted by atomic mass is 16.3. The average molecular weight is 255 g/mol. The zero-order chi connectivity index (χ0) is 13.4. The molecule has 1 unspecified atom stereocenters. The third-order valence-electron chi connectivity index (χ3n) is 4.81. The highest BCUT2D eigenvalue weighted by molar-refractivity contribution is 4.96. The second-order valence-electron chi connectivity index (χ2n) is 6.28. The minimum Gasteiger partial charge on any atom is -0.391 e. The van der Waals surface area contributed by atoms with Crippen LogP contribution in [-0.4, -0.2) is 35.7 Å². The molecule has 0 heterocycles. The van der Waals surface area contributed by atoms with Crippen LogP contribution in [0.25, 0.3) is 0 Å². The number of rotatable bonds is 8. The van der Waals surface area contributed by atoms with Crippen LogP contribution in [0.3, 0.4) is 0 Å². The van der Waals surface area contributed by atoms with Crippen molar-refractivity contribution in [2.75, 3.05) is 14.1 Å². The van der Waals surface area contributed by atoms with Crippen molar-refractivity contribution in [3.05, 3.63) is 0 Å². The monoisotopic (exact) mass is 255 g/mol. The largest absolute Gasteiger partial charge is 0.391 e. The van der Waals surface area contributed by atoms with Gasteiger partial charge in [0.2, 0.25) is 0 Å². The zero-order valence-corrected chi connectivity index (χ0v) is 12.7. The van der Waals surface area contributed by atoms with Gasteiger partial charge in [0.1, 0.15) is 0 Å². The molecule has 2 heteroatoms. The molecular weight excluding hydrogens is 222 g/mol. The smallest absolute Gasteiger partial charge is 0.0723 e. The van der Waals surface area contributed by atoms with Gasteiger partial charge < -0.3 is 10.0 Å². The van der Waals surface area contributed by atoms with Gasteiger partial charge in [-0.05, 0) is 33.4 Å². The molecular formula is C16H33NO. The van der Waals surface area contributed by atoms with Crippen LogP contribution in [0.1, 0.15) is 77.6 Å². The van der Waals surface area contributed by atoms with Gasteiger partial charge in [0.05, 0.1) is 6.10 Å². The zero-order valence-electron chi connectivity index (χ0n) is 12.7.